The molecule has 0 spiro atoms. The van der Waals surface area contributed by atoms with Gasteiger partial charge in [-0.2, -0.15) is 0 Å². The van der Waals surface area contributed by atoms with Gasteiger partial charge in [0.25, 0.3) is 0 Å². The molecule has 0 aliphatic carbocycles. The number of thioether (sulfide) groups is 1. The highest BCUT2D eigenvalue weighted by Crippen LogP contribution is 2.32. The predicted molar refractivity (Wildman–Crippen MR) is 70.1 cm³/mol. The Morgan fingerprint density at radius 2 is 2.35 bits per heavy atom. The molecule has 1 aromatic rings. The Kier molecular flexibility index (Phi) is 3.15. The van der Waals surface area contributed by atoms with Crippen molar-refractivity contribution in [2.75, 3.05) is 19.3 Å². The molecule has 0 amide bonds. The summed E-state index contributed by atoms with van der Waals surface area (Å²) >= 11 is 1.88. The van der Waals surface area contributed by atoms with Crippen LogP contribution >= 0.6 is 11.8 Å². The average molecular weight is 252 g/mol. The number of fused-ring (bicyclic) bond motifs is 1. The number of aryl methyl sites for hydroxylation is 1. The van der Waals surface area contributed by atoms with Crippen LogP contribution in [-0.2, 0) is 6.54 Å². The second kappa shape index (κ2) is 4.63. The van der Waals surface area contributed by atoms with Crippen molar-refractivity contribution in [3.8, 4) is 0 Å². The highest BCUT2D eigenvalue weighted by molar-refractivity contribution is 7.99. The Hall–Kier alpha value is -0.520. The Labute approximate surface area is 107 Å². The van der Waals surface area contributed by atoms with Crippen molar-refractivity contribution in [1.82, 2.24) is 14.5 Å². The topological polar surface area (TPSA) is 47.1 Å². The van der Waals surface area contributed by atoms with Crippen molar-refractivity contribution < 1.29 is 0 Å². The summed E-state index contributed by atoms with van der Waals surface area (Å²) in [4.78, 5) is 7.15. The lowest BCUT2D eigenvalue weighted by Gasteiger charge is -2.34. The first-order chi connectivity index (χ1) is 8.24. The second-order valence-electron chi connectivity index (χ2n) is 5.14. The maximum absolute atomic E-state index is 5.99. The molecule has 2 aliphatic rings. The van der Waals surface area contributed by atoms with Gasteiger partial charge in [0.05, 0.1) is 11.7 Å². The highest BCUT2D eigenvalue weighted by Gasteiger charge is 2.27. The van der Waals surface area contributed by atoms with E-state index in [1.165, 1.54) is 23.0 Å². The van der Waals surface area contributed by atoms with Gasteiger partial charge < -0.3 is 10.3 Å². The molecule has 0 radical (unpaired) electrons. The lowest BCUT2D eigenvalue weighted by molar-refractivity contribution is 0.166. The largest absolute Gasteiger partial charge is 0.327 e. The lowest BCUT2D eigenvalue weighted by Crippen LogP contribution is -2.42. The molecule has 0 bridgehead atoms. The number of imidazole rings is 1. The molecule has 2 unspecified atom stereocenters. The number of hydrogen-bond acceptors (Lipinski definition) is 4. The summed E-state index contributed by atoms with van der Waals surface area (Å²) in [5, 5.41) is 1.20. The van der Waals surface area contributed by atoms with Crippen molar-refractivity contribution >= 4 is 11.8 Å². The molecule has 0 aromatic carbocycles. The molecule has 3 heterocycles. The molecular weight excluding hydrogens is 232 g/mol. The van der Waals surface area contributed by atoms with Gasteiger partial charge in [0.2, 0.25) is 0 Å². The Bertz CT molecular complexity index is 380. The van der Waals surface area contributed by atoms with Crippen LogP contribution in [0, 0.1) is 0 Å². The van der Waals surface area contributed by atoms with Gasteiger partial charge >= 0.3 is 0 Å². The summed E-state index contributed by atoms with van der Waals surface area (Å²) in [5.41, 5.74) is 7.23. The van der Waals surface area contributed by atoms with Gasteiger partial charge in [0.1, 0.15) is 0 Å². The molecule has 94 valence electrons. The van der Waals surface area contributed by atoms with Crippen molar-refractivity contribution in [2.45, 2.75) is 43.0 Å². The normalized spacial score (nSPS) is 30.2. The summed E-state index contributed by atoms with van der Waals surface area (Å²) in [7, 11) is 2.16. The van der Waals surface area contributed by atoms with Crippen molar-refractivity contribution in [2.24, 2.45) is 5.73 Å². The van der Waals surface area contributed by atoms with Crippen molar-refractivity contribution in [3.05, 3.63) is 11.9 Å². The third-order valence-electron chi connectivity index (χ3n) is 3.74. The Morgan fingerprint density at radius 3 is 3.12 bits per heavy atom. The van der Waals surface area contributed by atoms with E-state index < -0.39 is 0 Å². The zero-order valence-corrected chi connectivity index (χ0v) is 11.1. The maximum atomic E-state index is 5.99. The first-order valence-corrected chi connectivity index (χ1v) is 7.38. The van der Waals surface area contributed by atoms with E-state index in [2.05, 4.69) is 22.7 Å². The zero-order chi connectivity index (χ0) is 11.8. The van der Waals surface area contributed by atoms with Crippen LogP contribution in [0.15, 0.2) is 11.4 Å². The summed E-state index contributed by atoms with van der Waals surface area (Å²) in [6.07, 6.45) is 5.77. The van der Waals surface area contributed by atoms with E-state index >= 15 is 0 Å². The maximum Gasteiger partial charge on any atom is 0.168 e. The fourth-order valence-electron chi connectivity index (χ4n) is 2.81. The van der Waals surface area contributed by atoms with Gasteiger partial charge in [0, 0.05) is 31.1 Å². The molecule has 2 atom stereocenters. The number of piperidine rings is 1. The third-order valence-corrected chi connectivity index (χ3v) is 4.82. The third kappa shape index (κ3) is 2.23. The minimum atomic E-state index is 0.336. The Morgan fingerprint density at radius 1 is 1.47 bits per heavy atom. The van der Waals surface area contributed by atoms with E-state index in [-0.39, 0.29) is 0 Å². The van der Waals surface area contributed by atoms with E-state index in [9.17, 15) is 0 Å². The highest BCUT2D eigenvalue weighted by atomic mass is 32.2. The quantitative estimate of drug-likeness (QED) is 0.822. The van der Waals surface area contributed by atoms with Crippen LogP contribution in [0.3, 0.4) is 0 Å². The van der Waals surface area contributed by atoms with Crippen LogP contribution in [0.1, 0.15) is 31.0 Å². The van der Waals surface area contributed by atoms with Gasteiger partial charge in [-0.1, -0.05) is 11.8 Å². The SMILES string of the molecule is CN1CC(N)CCC1c1cn2c(n1)SCCC2. The van der Waals surface area contributed by atoms with Crippen LogP contribution in [-0.4, -0.2) is 39.8 Å². The molecule has 3 rings (SSSR count). The van der Waals surface area contributed by atoms with E-state index in [0.717, 1.165) is 25.9 Å². The number of likely N-dealkylation sites (tertiary alicyclic amines) is 1. The molecule has 1 aromatic heterocycles. The van der Waals surface area contributed by atoms with Gasteiger partial charge in [-0.3, -0.25) is 4.90 Å². The van der Waals surface area contributed by atoms with Crippen LogP contribution < -0.4 is 5.73 Å². The van der Waals surface area contributed by atoms with Crippen LogP contribution in [0.4, 0.5) is 0 Å². The molecule has 2 N–H and O–H groups in total. The van der Waals surface area contributed by atoms with Gasteiger partial charge in [-0.15, -0.1) is 0 Å². The first-order valence-electron chi connectivity index (χ1n) is 6.40. The molecule has 2 aliphatic heterocycles. The minimum absolute atomic E-state index is 0.336. The van der Waals surface area contributed by atoms with Gasteiger partial charge in [0.15, 0.2) is 5.16 Å². The fourth-order valence-corrected chi connectivity index (χ4v) is 3.74. The standard InChI is InChI=1S/C12H20N4S/c1-15-7-9(13)3-4-11(15)10-8-16-5-2-6-17-12(16)14-10/h8-9,11H,2-7,13H2,1H3. The molecule has 1 saturated heterocycles. The number of rotatable bonds is 1. The summed E-state index contributed by atoms with van der Waals surface area (Å²) in [5.74, 6) is 1.21. The number of aromatic nitrogens is 2. The predicted octanol–water partition coefficient (Wildman–Crippen LogP) is 1.47. The molecular formula is C12H20N4S. The monoisotopic (exact) mass is 252 g/mol. The van der Waals surface area contributed by atoms with Crippen molar-refractivity contribution in [3.63, 3.8) is 0 Å². The molecule has 4 nitrogen and oxygen atoms in total. The smallest absolute Gasteiger partial charge is 0.168 e. The van der Waals surface area contributed by atoms with Crippen molar-refractivity contribution in [1.29, 1.82) is 0 Å². The zero-order valence-electron chi connectivity index (χ0n) is 10.3. The summed E-state index contributed by atoms with van der Waals surface area (Å²) < 4.78 is 2.31. The Balaban J connectivity index is 1.81. The minimum Gasteiger partial charge on any atom is -0.327 e. The van der Waals surface area contributed by atoms with E-state index in [1.54, 1.807) is 0 Å². The molecule has 1 fully saturated rings. The van der Waals surface area contributed by atoms with E-state index in [1.807, 2.05) is 11.8 Å². The molecule has 17 heavy (non-hydrogen) atoms. The number of nitrogens with two attached hydrogens (primary N) is 1. The van der Waals surface area contributed by atoms with Gasteiger partial charge in [-0.05, 0) is 26.3 Å². The number of hydrogen-bond donors (Lipinski definition) is 1. The van der Waals surface area contributed by atoms with Crippen LogP contribution in [0.5, 0.6) is 0 Å². The van der Waals surface area contributed by atoms with Crippen LogP contribution in [0.25, 0.3) is 0 Å². The number of nitrogens with zero attached hydrogens (tertiary/aromatic N) is 3. The van der Waals surface area contributed by atoms with E-state index in [4.69, 9.17) is 10.7 Å². The summed E-state index contributed by atoms with van der Waals surface area (Å²) in [6.45, 7) is 2.12. The average Bonchev–Trinajstić information content (AvgIpc) is 2.72. The lowest BCUT2D eigenvalue weighted by atomic mass is 9.97. The van der Waals surface area contributed by atoms with Crippen LogP contribution in [0.2, 0.25) is 0 Å². The van der Waals surface area contributed by atoms with E-state index in [0.29, 0.717) is 12.1 Å². The second-order valence-corrected chi connectivity index (χ2v) is 6.20. The summed E-state index contributed by atoms with van der Waals surface area (Å²) in [6, 6.07) is 0.802. The fraction of sp³-hybridized carbons (Fsp3) is 0.750. The van der Waals surface area contributed by atoms with Gasteiger partial charge in [-0.25, -0.2) is 4.98 Å². The first kappa shape index (κ1) is 11.6. The molecule has 0 saturated carbocycles. The molecule has 5 heteroatoms. The number of likely N-dealkylation sites (N-methyl/N-ethyl adjacent to an activating group) is 1.